The maximum Gasteiger partial charge on any atom is 0.343 e. The van der Waals surface area contributed by atoms with Crippen molar-refractivity contribution in [3.05, 3.63) is 0 Å². The van der Waals surface area contributed by atoms with Gasteiger partial charge in [0.25, 0.3) is 0 Å². The molecule has 1 N–H and O–H groups in total. The number of hydrogen-bond acceptors (Lipinski definition) is 4. The van der Waals surface area contributed by atoms with Gasteiger partial charge in [0.15, 0.2) is 0 Å². The molecule has 0 aliphatic heterocycles. The molecule has 16 heavy (non-hydrogen) atoms. The first kappa shape index (κ1) is 15.1. The number of carbonyl (C=O) groups is 2. The number of rotatable bonds is 7. The average molecular weight is 232 g/mol. The summed E-state index contributed by atoms with van der Waals surface area (Å²) in [6.07, 6.45) is -0.467. The van der Waals surface area contributed by atoms with Gasteiger partial charge in [0.2, 0.25) is 11.4 Å². The Morgan fingerprint density at radius 1 is 1.19 bits per heavy atom. The van der Waals surface area contributed by atoms with E-state index in [9.17, 15) is 9.59 Å². The van der Waals surface area contributed by atoms with Gasteiger partial charge in [-0.25, -0.2) is 4.79 Å². The number of hydrogen-bond donors (Lipinski definition) is 1. The predicted octanol–water partition coefficient (Wildman–Crippen LogP) is 1.25. The molecule has 0 saturated carbocycles. The zero-order valence-corrected chi connectivity index (χ0v) is 10.4. The van der Waals surface area contributed by atoms with E-state index in [-0.39, 0.29) is 18.8 Å². The van der Waals surface area contributed by atoms with Crippen molar-refractivity contribution in [2.75, 3.05) is 6.61 Å². The maximum absolute atomic E-state index is 11.7. The summed E-state index contributed by atoms with van der Waals surface area (Å²) in [5.74, 6) is -1.87. The topological polar surface area (TPSA) is 72.8 Å². The normalized spacial score (nSPS) is 15.2. The summed E-state index contributed by atoms with van der Waals surface area (Å²) >= 11 is 0. The molecule has 0 aliphatic rings. The lowest BCUT2D eigenvalue weighted by Gasteiger charge is -2.26. The number of carboxylic acid groups (broad SMARTS) is 1. The van der Waals surface area contributed by atoms with Crippen molar-refractivity contribution in [2.45, 2.75) is 52.4 Å². The molecule has 0 aliphatic carbocycles. The fraction of sp³-hybridized carbons (Fsp3) is 0.818. The van der Waals surface area contributed by atoms with Gasteiger partial charge < -0.3 is 14.6 Å². The Hall–Kier alpha value is -0.940. The predicted molar refractivity (Wildman–Crippen MR) is 58.4 cm³/mol. The molecule has 94 valence electrons. The van der Waals surface area contributed by atoms with Gasteiger partial charge in [0, 0.05) is 0 Å². The van der Waals surface area contributed by atoms with E-state index in [0.29, 0.717) is 0 Å². The summed E-state index contributed by atoms with van der Waals surface area (Å²) in [7, 11) is 0. The number of aliphatic carboxylic acids is 1. The number of carboxylic acids is 1. The molecule has 0 aromatic heterocycles. The quantitative estimate of drug-likeness (QED) is 0.669. The van der Waals surface area contributed by atoms with Gasteiger partial charge in [-0.3, -0.25) is 4.79 Å². The summed E-state index contributed by atoms with van der Waals surface area (Å²) in [6, 6.07) is 0. The van der Waals surface area contributed by atoms with E-state index >= 15 is 0 Å². The van der Waals surface area contributed by atoms with Crippen LogP contribution in [0, 0.1) is 0 Å². The molecule has 0 radical (unpaired) electrons. The lowest BCUT2D eigenvalue weighted by atomic mass is 10.0. The van der Waals surface area contributed by atoms with E-state index < -0.39 is 17.4 Å². The monoisotopic (exact) mass is 232 g/mol. The molecule has 1 atom stereocenters. The third kappa shape index (κ3) is 4.28. The highest BCUT2D eigenvalue weighted by Gasteiger charge is 2.43. The van der Waals surface area contributed by atoms with Crippen molar-refractivity contribution in [3.8, 4) is 0 Å². The van der Waals surface area contributed by atoms with E-state index in [1.54, 1.807) is 27.7 Å². The molecule has 1 unspecified atom stereocenters. The maximum atomic E-state index is 11.7. The van der Waals surface area contributed by atoms with Crippen LogP contribution in [0.25, 0.3) is 0 Å². The Balaban J connectivity index is 4.64. The summed E-state index contributed by atoms with van der Waals surface area (Å²) < 4.78 is 10.3. The lowest BCUT2D eigenvalue weighted by molar-refractivity contribution is -0.177. The fourth-order valence-corrected chi connectivity index (χ4v) is 1.09. The molecule has 0 spiro atoms. The minimum Gasteiger partial charge on any atom is -0.479 e. The molecule has 5 nitrogen and oxygen atoms in total. The van der Waals surface area contributed by atoms with E-state index in [0.717, 1.165) is 0 Å². The second-order valence-corrected chi connectivity index (χ2v) is 4.29. The summed E-state index contributed by atoms with van der Waals surface area (Å²) in [4.78, 5) is 22.8. The lowest BCUT2D eigenvalue weighted by Crippen LogP contribution is -2.49. The standard InChI is InChI=1S/C11H20O5/c1-7(2)15-6-9(12)11(5,10(13)14)16-8(3)4/h7-8H,6H2,1-5H3,(H,13,14). The highest BCUT2D eigenvalue weighted by atomic mass is 16.5. The highest BCUT2D eigenvalue weighted by molar-refractivity contribution is 6.06. The van der Waals surface area contributed by atoms with Crippen LogP contribution in [-0.2, 0) is 19.1 Å². The summed E-state index contributed by atoms with van der Waals surface area (Å²) in [5, 5.41) is 9.02. The molecule has 5 heteroatoms. The number of carbonyl (C=O) groups excluding carboxylic acids is 1. The van der Waals surface area contributed by atoms with Crippen molar-refractivity contribution < 1.29 is 24.2 Å². The molecule has 0 amide bonds. The molecule has 0 aromatic carbocycles. The van der Waals surface area contributed by atoms with Gasteiger partial charge in [0.05, 0.1) is 12.2 Å². The van der Waals surface area contributed by atoms with Crippen LogP contribution >= 0.6 is 0 Å². The molecule has 0 aromatic rings. The minimum atomic E-state index is -1.83. The Kier molecular flexibility index (Phi) is 5.61. The first-order chi connectivity index (χ1) is 7.20. The van der Waals surface area contributed by atoms with E-state index in [1.807, 2.05) is 0 Å². The second kappa shape index (κ2) is 5.96. The average Bonchev–Trinajstić information content (AvgIpc) is 2.12. The van der Waals surface area contributed by atoms with E-state index in [2.05, 4.69) is 0 Å². The molecule has 0 saturated heterocycles. The SMILES string of the molecule is CC(C)OCC(=O)C(C)(OC(C)C)C(=O)O. The Morgan fingerprint density at radius 2 is 1.69 bits per heavy atom. The molecular formula is C11H20O5. The van der Waals surface area contributed by atoms with Crippen LogP contribution in [0.2, 0.25) is 0 Å². The van der Waals surface area contributed by atoms with Crippen LogP contribution in [0.15, 0.2) is 0 Å². The summed E-state index contributed by atoms with van der Waals surface area (Å²) in [6.45, 7) is 7.90. The van der Waals surface area contributed by atoms with Crippen molar-refractivity contribution in [3.63, 3.8) is 0 Å². The van der Waals surface area contributed by atoms with Crippen molar-refractivity contribution in [1.29, 1.82) is 0 Å². The Morgan fingerprint density at radius 3 is 2.00 bits per heavy atom. The molecule has 0 fully saturated rings. The first-order valence-corrected chi connectivity index (χ1v) is 5.26. The van der Waals surface area contributed by atoms with Gasteiger partial charge in [-0.05, 0) is 34.6 Å². The highest BCUT2D eigenvalue weighted by Crippen LogP contribution is 2.16. The first-order valence-electron chi connectivity index (χ1n) is 5.26. The largest absolute Gasteiger partial charge is 0.479 e. The van der Waals surface area contributed by atoms with E-state index in [4.69, 9.17) is 14.6 Å². The van der Waals surface area contributed by atoms with Crippen LogP contribution in [0.3, 0.4) is 0 Å². The second-order valence-electron chi connectivity index (χ2n) is 4.29. The smallest absolute Gasteiger partial charge is 0.343 e. The van der Waals surface area contributed by atoms with Crippen LogP contribution in [0.4, 0.5) is 0 Å². The van der Waals surface area contributed by atoms with Crippen LogP contribution < -0.4 is 0 Å². The van der Waals surface area contributed by atoms with Crippen molar-refractivity contribution in [1.82, 2.24) is 0 Å². The Bertz CT molecular complexity index is 259. The van der Waals surface area contributed by atoms with Crippen LogP contribution in [0.1, 0.15) is 34.6 Å². The zero-order chi connectivity index (χ0) is 12.9. The molecular weight excluding hydrogens is 212 g/mol. The third-order valence-corrected chi connectivity index (χ3v) is 1.96. The van der Waals surface area contributed by atoms with Crippen LogP contribution in [0.5, 0.6) is 0 Å². The molecule has 0 bridgehead atoms. The summed E-state index contributed by atoms with van der Waals surface area (Å²) in [5.41, 5.74) is -1.83. The zero-order valence-electron chi connectivity index (χ0n) is 10.4. The van der Waals surface area contributed by atoms with Gasteiger partial charge in [0.1, 0.15) is 6.61 Å². The van der Waals surface area contributed by atoms with Gasteiger partial charge in [-0.15, -0.1) is 0 Å². The van der Waals surface area contributed by atoms with Gasteiger partial charge in [-0.1, -0.05) is 0 Å². The van der Waals surface area contributed by atoms with Crippen LogP contribution in [-0.4, -0.2) is 41.3 Å². The molecule has 0 heterocycles. The van der Waals surface area contributed by atoms with Gasteiger partial charge >= 0.3 is 5.97 Å². The fourth-order valence-electron chi connectivity index (χ4n) is 1.09. The number of ether oxygens (including phenoxy) is 2. The number of Topliss-reactive ketones (excluding diaryl/α,β-unsaturated/α-hetero) is 1. The van der Waals surface area contributed by atoms with E-state index in [1.165, 1.54) is 6.92 Å². The van der Waals surface area contributed by atoms with Gasteiger partial charge in [-0.2, -0.15) is 0 Å². The minimum absolute atomic E-state index is 0.124. The number of ketones is 1. The van der Waals surface area contributed by atoms with Crippen molar-refractivity contribution in [2.24, 2.45) is 0 Å². The Labute approximate surface area is 95.7 Å². The third-order valence-electron chi connectivity index (χ3n) is 1.96. The molecule has 0 rings (SSSR count). The van der Waals surface area contributed by atoms with Crippen molar-refractivity contribution >= 4 is 11.8 Å².